The lowest BCUT2D eigenvalue weighted by atomic mass is 9.74. The van der Waals surface area contributed by atoms with Gasteiger partial charge in [0, 0.05) is 6.42 Å². The van der Waals surface area contributed by atoms with Crippen LogP contribution in [0, 0.1) is 5.41 Å². The van der Waals surface area contributed by atoms with Crippen LogP contribution in [0.4, 0.5) is 0 Å². The molecule has 0 amide bonds. The molecule has 130 valence electrons. The summed E-state index contributed by atoms with van der Waals surface area (Å²) in [5, 5.41) is 0. The predicted octanol–water partition coefficient (Wildman–Crippen LogP) is 4.32. The minimum atomic E-state index is -1.06. The van der Waals surface area contributed by atoms with Gasteiger partial charge in [-0.3, -0.25) is 9.59 Å². The van der Waals surface area contributed by atoms with Crippen LogP contribution in [0.3, 0.4) is 0 Å². The fourth-order valence-electron chi connectivity index (χ4n) is 3.92. The number of Topliss-reactive ketones (excluding diaryl/α,β-unsaturated/α-hetero) is 1. The van der Waals surface area contributed by atoms with Crippen LogP contribution in [0.2, 0.25) is 0 Å². The first kappa shape index (κ1) is 17.4. The maximum absolute atomic E-state index is 13.0. The Bertz CT molecular complexity index is 723. The number of esters is 1. The lowest BCUT2D eigenvalue weighted by molar-refractivity contribution is -0.158. The van der Waals surface area contributed by atoms with E-state index >= 15 is 0 Å². The van der Waals surface area contributed by atoms with Gasteiger partial charge in [-0.1, -0.05) is 60.7 Å². The van der Waals surface area contributed by atoms with Gasteiger partial charge in [-0.2, -0.15) is 0 Å². The van der Waals surface area contributed by atoms with Crippen molar-refractivity contribution in [2.75, 3.05) is 7.11 Å². The molecule has 0 saturated heterocycles. The van der Waals surface area contributed by atoms with E-state index in [1.165, 1.54) is 12.7 Å². The smallest absolute Gasteiger partial charge is 0.319 e. The molecule has 3 rings (SSSR count). The van der Waals surface area contributed by atoms with Crippen LogP contribution in [-0.4, -0.2) is 18.9 Å². The molecule has 1 aliphatic rings. The summed E-state index contributed by atoms with van der Waals surface area (Å²) in [5.74, 6) is -0.0656. The fraction of sp³-hybridized carbons (Fsp3) is 0.364. The van der Waals surface area contributed by atoms with Crippen molar-refractivity contribution in [3.05, 3.63) is 71.8 Å². The highest BCUT2D eigenvalue weighted by molar-refractivity contribution is 6.04. The van der Waals surface area contributed by atoms with E-state index in [0.29, 0.717) is 25.2 Å². The van der Waals surface area contributed by atoms with Gasteiger partial charge in [-0.15, -0.1) is 0 Å². The zero-order valence-corrected chi connectivity index (χ0v) is 14.6. The molecule has 2 atom stereocenters. The maximum Gasteiger partial charge on any atom is 0.319 e. The minimum Gasteiger partial charge on any atom is -0.468 e. The van der Waals surface area contributed by atoms with Crippen LogP contribution in [0.15, 0.2) is 60.7 Å². The first-order chi connectivity index (χ1) is 12.2. The normalized spacial score (nSPS) is 23.7. The Labute approximate surface area is 149 Å². The van der Waals surface area contributed by atoms with Gasteiger partial charge in [0.1, 0.15) is 5.41 Å². The molecule has 25 heavy (non-hydrogen) atoms. The third-order valence-corrected chi connectivity index (χ3v) is 5.37. The van der Waals surface area contributed by atoms with Crippen molar-refractivity contribution < 1.29 is 14.3 Å². The summed E-state index contributed by atoms with van der Waals surface area (Å²) in [4.78, 5) is 25.7. The zero-order valence-electron chi connectivity index (χ0n) is 14.6. The molecule has 1 aliphatic carbocycles. The molecule has 0 radical (unpaired) electrons. The van der Waals surface area contributed by atoms with E-state index in [1.54, 1.807) is 0 Å². The summed E-state index contributed by atoms with van der Waals surface area (Å²) in [6.45, 7) is 0. The van der Waals surface area contributed by atoms with E-state index in [9.17, 15) is 9.59 Å². The third-order valence-electron chi connectivity index (χ3n) is 5.37. The van der Waals surface area contributed by atoms with Crippen molar-refractivity contribution in [2.24, 2.45) is 5.41 Å². The van der Waals surface area contributed by atoms with Crippen molar-refractivity contribution in [3.8, 4) is 0 Å². The number of carbonyl (C=O) groups excluding carboxylic acids is 2. The molecule has 1 saturated carbocycles. The molecule has 2 aromatic carbocycles. The van der Waals surface area contributed by atoms with Crippen LogP contribution in [0.1, 0.15) is 42.7 Å². The highest BCUT2D eigenvalue weighted by Gasteiger charge is 2.47. The molecule has 1 fully saturated rings. The van der Waals surface area contributed by atoms with Crippen LogP contribution in [0.5, 0.6) is 0 Å². The molecule has 0 N–H and O–H groups in total. The summed E-state index contributed by atoms with van der Waals surface area (Å²) in [6, 6.07) is 20.0. The molecule has 0 aliphatic heterocycles. The van der Waals surface area contributed by atoms with E-state index < -0.39 is 11.4 Å². The van der Waals surface area contributed by atoms with E-state index in [2.05, 4.69) is 12.1 Å². The first-order valence-corrected chi connectivity index (χ1v) is 8.86. The largest absolute Gasteiger partial charge is 0.468 e. The molecule has 0 aromatic heterocycles. The van der Waals surface area contributed by atoms with Crippen molar-refractivity contribution in [3.63, 3.8) is 0 Å². The second-order valence-electron chi connectivity index (χ2n) is 6.84. The summed E-state index contributed by atoms with van der Waals surface area (Å²) >= 11 is 0. The Morgan fingerprint density at radius 2 is 1.68 bits per heavy atom. The molecular weight excluding hydrogens is 312 g/mol. The van der Waals surface area contributed by atoms with Crippen molar-refractivity contribution in [1.82, 2.24) is 0 Å². The zero-order chi connectivity index (χ0) is 17.7. The molecular formula is C22H24O3. The van der Waals surface area contributed by atoms with Crippen LogP contribution in [-0.2, 0) is 20.7 Å². The van der Waals surface area contributed by atoms with Gasteiger partial charge in [-0.05, 0) is 42.7 Å². The third kappa shape index (κ3) is 3.65. The van der Waals surface area contributed by atoms with E-state index in [1.807, 2.05) is 48.5 Å². The quantitative estimate of drug-likeness (QED) is 0.474. The van der Waals surface area contributed by atoms with Crippen LogP contribution >= 0.6 is 0 Å². The monoisotopic (exact) mass is 336 g/mol. The van der Waals surface area contributed by atoms with Crippen molar-refractivity contribution in [2.45, 2.75) is 38.0 Å². The standard InChI is InChI=1S/C22H24O3/c1-25-21(24)22(16-17-8-4-2-5-9-17)15-14-19(12-13-20(22)23)18-10-6-3-7-11-18/h2-11,19H,12-16H2,1H3/t19-,22-/m0/s1. The number of rotatable bonds is 4. The number of hydrogen-bond donors (Lipinski definition) is 0. The Balaban J connectivity index is 1.89. The highest BCUT2D eigenvalue weighted by Crippen LogP contribution is 2.41. The van der Waals surface area contributed by atoms with Gasteiger partial charge in [0.15, 0.2) is 5.78 Å². The second-order valence-corrected chi connectivity index (χ2v) is 6.84. The number of ether oxygens (including phenoxy) is 1. The summed E-state index contributed by atoms with van der Waals surface area (Å²) in [7, 11) is 1.38. The van der Waals surface area contributed by atoms with Crippen LogP contribution < -0.4 is 0 Å². The molecule has 2 aromatic rings. The average Bonchev–Trinajstić information content (AvgIpc) is 2.83. The predicted molar refractivity (Wildman–Crippen MR) is 97.3 cm³/mol. The maximum atomic E-state index is 13.0. The molecule has 0 heterocycles. The van der Waals surface area contributed by atoms with Crippen LogP contribution in [0.25, 0.3) is 0 Å². The lowest BCUT2D eigenvalue weighted by Gasteiger charge is -2.28. The summed E-state index contributed by atoms with van der Waals surface area (Å²) < 4.78 is 5.07. The highest BCUT2D eigenvalue weighted by atomic mass is 16.5. The minimum absolute atomic E-state index is 0.0154. The Morgan fingerprint density at radius 1 is 1.04 bits per heavy atom. The number of hydrogen-bond acceptors (Lipinski definition) is 3. The van der Waals surface area contributed by atoms with E-state index in [0.717, 1.165) is 18.4 Å². The fourth-order valence-corrected chi connectivity index (χ4v) is 3.92. The molecule has 0 unspecified atom stereocenters. The summed E-state index contributed by atoms with van der Waals surface area (Å²) in [6.07, 6.45) is 2.98. The first-order valence-electron chi connectivity index (χ1n) is 8.86. The lowest BCUT2D eigenvalue weighted by Crippen LogP contribution is -2.41. The molecule has 0 spiro atoms. The number of benzene rings is 2. The van der Waals surface area contributed by atoms with E-state index in [4.69, 9.17) is 4.74 Å². The Hall–Kier alpha value is -2.42. The number of ketones is 1. The van der Waals surface area contributed by atoms with Gasteiger partial charge in [0.25, 0.3) is 0 Å². The number of carbonyl (C=O) groups is 2. The van der Waals surface area contributed by atoms with E-state index in [-0.39, 0.29) is 5.78 Å². The topological polar surface area (TPSA) is 43.4 Å². The number of methoxy groups -OCH3 is 1. The molecule has 3 nitrogen and oxygen atoms in total. The Morgan fingerprint density at radius 3 is 2.32 bits per heavy atom. The second kappa shape index (κ2) is 7.64. The SMILES string of the molecule is COC(=O)[C@]1(Cc2ccccc2)CC[C@@H](c2ccccc2)CCC1=O. The van der Waals surface area contributed by atoms with Gasteiger partial charge >= 0.3 is 5.97 Å². The van der Waals surface area contributed by atoms with Crippen molar-refractivity contribution >= 4 is 11.8 Å². The average molecular weight is 336 g/mol. The van der Waals surface area contributed by atoms with Gasteiger partial charge in [-0.25, -0.2) is 0 Å². The Kier molecular flexibility index (Phi) is 5.32. The van der Waals surface area contributed by atoms with Gasteiger partial charge in [0.05, 0.1) is 7.11 Å². The van der Waals surface area contributed by atoms with Gasteiger partial charge in [0.2, 0.25) is 0 Å². The van der Waals surface area contributed by atoms with Crippen molar-refractivity contribution in [1.29, 1.82) is 0 Å². The van der Waals surface area contributed by atoms with Gasteiger partial charge < -0.3 is 4.74 Å². The molecule has 0 bridgehead atoms. The molecule has 3 heteroatoms. The summed E-state index contributed by atoms with van der Waals surface area (Å²) in [5.41, 5.74) is 1.19.